The second kappa shape index (κ2) is 10.4. The Bertz CT molecular complexity index is 1620. The monoisotopic (exact) mass is 543 g/mol. The molecule has 1 aliphatic carbocycles. The van der Waals surface area contributed by atoms with Crippen LogP contribution in [0.1, 0.15) is 55.5 Å². The van der Waals surface area contributed by atoms with Crippen LogP contribution in [0.15, 0.2) is 18.6 Å². The summed E-state index contributed by atoms with van der Waals surface area (Å²) in [4.78, 5) is 11.8. The van der Waals surface area contributed by atoms with Crippen LogP contribution in [0.25, 0.3) is 28.9 Å². The zero-order valence-electron chi connectivity index (χ0n) is 23.2. The highest BCUT2D eigenvalue weighted by molar-refractivity contribution is 5.74. The average molecular weight is 544 g/mol. The lowest BCUT2D eigenvalue weighted by Crippen LogP contribution is -2.36. The molecule has 0 saturated heterocycles. The van der Waals surface area contributed by atoms with Crippen molar-refractivity contribution in [2.24, 2.45) is 7.05 Å². The summed E-state index contributed by atoms with van der Waals surface area (Å²) in [5.41, 5.74) is 4.94. The van der Waals surface area contributed by atoms with Gasteiger partial charge in [-0.25, -0.2) is 9.67 Å². The third kappa shape index (κ3) is 4.71. The molecular weight excluding hydrogens is 510 g/mol. The number of aliphatic hydroxyl groups is 1. The molecule has 4 aromatic rings. The summed E-state index contributed by atoms with van der Waals surface area (Å²) in [6.07, 6.45) is 11.4. The quantitative estimate of drug-likeness (QED) is 0.403. The molecule has 0 aromatic carbocycles. The number of nitriles is 1. The molecule has 5 heterocycles. The van der Waals surface area contributed by atoms with Crippen molar-refractivity contribution in [1.29, 1.82) is 5.26 Å². The number of ether oxygens (including phenoxy) is 2. The summed E-state index contributed by atoms with van der Waals surface area (Å²) in [5.74, 6) is 1.73. The normalized spacial score (nSPS) is 19.2. The first-order chi connectivity index (χ1) is 19.4. The minimum absolute atomic E-state index is 0.0816. The lowest BCUT2D eigenvalue weighted by molar-refractivity contribution is 0.124. The summed E-state index contributed by atoms with van der Waals surface area (Å²) >= 11 is 0. The van der Waals surface area contributed by atoms with Crippen LogP contribution in [0.4, 0.5) is 0 Å². The standard InChI is InChI=1S/C28H33N9O3/c1-17(16-38)37-24-15-35(20-5-6-20)13-18(2)40-28-26(19(3)32-34(28)4)23-14-36-21(11-30-23)12-31-25(36)8-7-22(24)27(33-37)39-10-9-29/h7-8,11-12,14,17-18,20,38H,5-6,10,13,15-16H2,1-4H3/b8-7+. The maximum atomic E-state index is 10.1. The molecule has 208 valence electrons. The van der Waals surface area contributed by atoms with Crippen molar-refractivity contribution in [3.63, 3.8) is 0 Å². The fraction of sp³-hybridized carbons (Fsp3) is 0.464. The Morgan fingerprint density at radius 2 is 2.02 bits per heavy atom. The van der Waals surface area contributed by atoms with E-state index in [0.29, 0.717) is 36.7 Å². The van der Waals surface area contributed by atoms with Gasteiger partial charge in [-0.3, -0.25) is 19.0 Å². The van der Waals surface area contributed by atoms with Gasteiger partial charge >= 0.3 is 0 Å². The number of rotatable bonds is 5. The molecule has 1 saturated carbocycles. The van der Waals surface area contributed by atoms with Gasteiger partial charge in [0.1, 0.15) is 18.0 Å². The van der Waals surface area contributed by atoms with E-state index in [9.17, 15) is 10.4 Å². The number of nitrogens with zero attached hydrogens (tertiary/aromatic N) is 9. The van der Waals surface area contributed by atoms with E-state index in [1.54, 1.807) is 17.1 Å². The predicted molar refractivity (Wildman–Crippen MR) is 148 cm³/mol. The largest absolute Gasteiger partial charge is 0.473 e. The molecule has 0 spiro atoms. The second-order valence-electron chi connectivity index (χ2n) is 10.6. The van der Waals surface area contributed by atoms with Crippen molar-refractivity contribution in [3.8, 4) is 29.1 Å². The highest BCUT2D eigenvalue weighted by atomic mass is 16.5. The minimum Gasteiger partial charge on any atom is -0.473 e. The van der Waals surface area contributed by atoms with Crippen LogP contribution < -0.4 is 9.47 Å². The third-order valence-corrected chi connectivity index (χ3v) is 7.46. The second-order valence-corrected chi connectivity index (χ2v) is 10.6. The van der Waals surface area contributed by atoms with Crippen LogP contribution in [-0.2, 0) is 13.6 Å². The summed E-state index contributed by atoms with van der Waals surface area (Å²) in [7, 11) is 1.89. The van der Waals surface area contributed by atoms with Gasteiger partial charge in [0.05, 0.1) is 58.8 Å². The van der Waals surface area contributed by atoms with Crippen LogP contribution in [0.5, 0.6) is 11.8 Å². The van der Waals surface area contributed by atoms with Crippen LogP contribution >= 0.6 is 0 Å². The van der Waals surface area contributed by atoms with Crippen LogP contribution in [0, 0.1) is 18.3 Å². The molecule has 1 fully saturated rings. The predicted octanol–water partition coefficient (Wildman–Crippen LogP) is 3.01. The number of aromatic nitrogens is 7. The number of imidazole rings is 1. The molecule has 1 aliphatic heterocycles. The van der Waals surface area contributed by atoms with Gasteiger partial charge in [0.15, 0.2) is 6.61 Å². The molecule has 40 heavy (non-hydrogen) atoms. The Kier molecular flexibility index (Phi) is 6.77. The number of fused-ring (bicyclic) bond motifs is 4. The highest BCUT2D eigenvalue weighted by Gasteiger charge is 2.33. The molecule has 1 N–H and O–H groups in total. The molecule has 2 atom stereocenters. The zero-order chi connectivity index (χ0) is 28.0. The van der Waals surface area contributed by atoms with Gasteiger partial charge < -0.3 is 14.6 Å². The molecule has 4 aromatic heterocycles. The number of aryl methyl sites for hydroxylation is 2. The molecule has 6 rings (SSSR count). The fourth-order valence-electron chi connectivity index (χ4n) is 5.36. The third-order valence-electron chi connectivity index (χ3n) is 7.46. The number of aliphatic hydroxyl groups excluding tert-OH is 1. The molecule has 0 radical (unpaired) electrons. The Morgan fingerprint density at radius 1 is 1.23 bits per heavy atom. The van der Waals surface area contributed by atoms with E-state index < -0.39 is 0 Å². The summed E-state index contributed by atoms with van der Waals surface area (Å²) in [6.45, 7) is 6.99. The van der Waals surface area contributed by atoms with Crippen molar-refractivity contribution in [2.75, 3.05) is 19.8 Å². The molecule has 12 nitrogen and oxygen atoms in total. The molecular formula is C28H33N9O3. The first kappa shape index (κ1) is 26.0. The first-order valence-corrected chi connectivity index (χ1v) is 13.6. The topological polar surface area (TPSA) is 132 Å². The molecule has 2 aliphatic rings. The van der Waals surface area contributed by atoms with Gasteiger partial charge in [-0.15, -0.1) is 5.10 Å². The van der Waals surface area contributed by atoms with E-state index in [-0.39, 0.29) is 25.4 Å². The minimum atomic E-state index is -0.278. The summed E-state index contributed by atoms with van der Waals surface area (Å²) in [5, 5.41) is 28.6. The SMILES string of the molecule is Cc1nn(C)c2c1-c1cn3c(ncc3cn1)/C=C/c1c(OCC#N)nn(C(C)CO)c1CN(C1CC1)CC(C)O2. The maximum absolute atomic E-state index is 10.1. The van der Waals surface area contributed by atoms with E-state index >= 15 is 0 Å². The average Bonchev–Trinajstić information content (AvgIpc) is 3.55. The van der Waals surface area contributed by atoms with Crippen LogP contribution in [-0.4, -0.2) is 75.8 Å². The smallest absolute Gasteiger partial charge is 0.241 e. The van der Waals surface area contributed by atoms with Crippen LogP contribution in [0.2, 0.25) is 0 Å². The Morgan fingerprint density at radius 3 is 2.77 bits per heavy atom. The molecule has 0 amide bonds. The van der Waals surface area contributed by atoms with E-state index in [1.807, 2.05) is 54.4 Å². The van der Waals surface area contributed by atoms with Crippen molar-refractivity contribution in [1.82, 2.24) is 38.8 Å². The van der Waals surface area contributed by atoms with E-state index in [2.05, 4.69) is 21.9 Å². The fourth-order valence-corrected chi connectivity index (χ4v) is 5.36. The number of hydrogen-bond acceptors (Lipinski definition) is 9. The van der Waals surface area contributed by atoms with E-state index in [4.69, 9.17) is 19.6 Å². The Balaban J connectivity index is 1.55. The van der Waals surface area contributed by atoms with Gasteiger partial charge in [0.25, 0.3) is 0 Å². The maximum Gasteiger partial charge on any atom is 0.241 e. The molecule has 2 unspecified atom stereocenters. The van der Waals surface area contributed by atoms with Gasteiger partial charge in [-0.2, -0.15) is 10.4 Å². The lowest BCUT2D eigenvalue weighted by Gasteiger charge is -2.27. The van der Waals surface area contributed by atoms with Crippen molar-refractivity contribution in [2.45, 2.75) is 58.3 Å². The first-order valence-electron chi connectivity index (χ1n) is 13.6. The Labute approximate surface area is 232 Å². The van der Waals surface area contributed by atoms with Gasteiger partial charge in [-0.1, -0.05) is 0 Å². The molecule has 12 heteroatoms. The Hall–Kier alpha value is -4.21. The van der Waals surface area contributed by atoms with E-state index in [1.165, 1.54) is 0 Å². The highest BCUT2D eigenvalue weighted by Crippen LogP contribution is 2.36. The lowest BCUT2D eigenvalue weighted by atomic mass is 10.1. The molecule has 2 bridgehead atoms. The van der Waals surface area contributed by atoms with Crippen molar-refractivity contribution < 1.29 is 14.6 Å². The summed E-state index contributed by atoms with van der Waals surface area (Å²) in [6, 6.07) is 2.18. The van der Waals surface area contributed by atoms with Gasteiger partial charge in [-0.05, 0) is 45.8 Å². The van der Waals surface area contributed by atoms with Crippen LogP contribution in [0.3, 0.4) is 0 Å². The van der Waals surface area contributed by atoms with Crippen molar-refractivity contribution in [3.05, 3.63) is 41.4 Å². The van der Waals surface area contributed by atoms with E-state index in [0.717, 1.165) is 46.6 Å². The van der Waals surface area contributed by atoms with Gasteiger partial charge in [0, 0.05) is 32.4 Å². The zero-order valence-corrected chi connectivity index (χ0v) is 23.2. The van der Waals surface area contributed by atoms with Gasteiger partial charge in [0.2, 0.25) is 11.8 Å². The van der Waals surface area contributed by atoms with Crippen molar-refractivity contribution >= 4 is 17.7 Å². The summed E-state index contributed by atoms with van der Waals surface area (Å²) < 4.78 is 17.9. The number of hydrogen-bond donors (Lipinski definition) is 1.